The van der Waals surface area contributed by atoms with Crippen LogP contribution in [0.3, 0.4) is 0 Å². The molecule has 1 fully saturated rings. The third kappa shape index (κ3) is 1.90. The van der Waals surface area contributed by atoms with E-state index >= 15 is 0 Å². The highest BCUT2D eigenvalue weighted by atomic mass is 16.3. The summed E-state index contributed by atoms with van der Waals surface area (Å²) in [7, 11) is 2.16. The van der Waals surface area contributed by atoms with Crippen molar-refractivity contribution >= 4 is 0 Å². The van der Waals surface area contributed by atoms with Crippen LogP contribution in [0.2, 0.25) is 0 Å². The van der Waals surface area contributed by atoms with Crippen LogP contribution in [0.25, 0.3) is 0 Å². The van der Waals surface area contributed by atoms with Crippen LogP contribution in [-0.2, 0) is 0 Å². The Bertz CT molecular complexity index is 311. The lowest BCUT2D eigenvalue weighted by atomic mass is 9.96. The van der Waals surface area contributed by atoms with Crippen LogP contribution in [0.15, 0.2) is 24.3 Å². The maximum absolute atomic E-state index is 9.41. The maximum Gasteiger partial charge on any atom is 0.115 e. The summed E-state index contributed by atoms with van der Waals surface area (Å²) >= 11 is 0. The van der Waals surface area contributed by atoms with Crippen molar-refractivity contribution in [2.24, 2.45) is 0 Å². The van der Waals surface area contributed by atoms with Crippen LogP contribution in [0.4, 0.5) is 0 Å². The fourth-order valence-electron chi connectivity index (χ4n) is 2.23. The van der Waals surface area contributed by atoms with Crippen molar-refractivity contribution in [1.29, 1.82) is 0 Å². The number of rotatable bonds is 1. The average Bonchev–Trinajstić information content (AvgIpc) is 2.18. The summed E-state index contributed by atoms with van der Waals surface area (Å²) in [5, 5.41) is 9.41. The normalized spacial score (nSPS) is 23.6. The molecule has 1 heterocycles. The molecule has 0 radical (unpaired) electrons. The summed E-state index contributed by atoms with van der Waals surface area (Å²) in [6, 6.07) is 8.13. The predicted molar refractivity (Wildman–Crippen MR) is 57.3 cm³/mol. The van der Waals surface area contributed by atoms with Gasteiger partial charge in [-0.05, 0) is 44.1 Å². The lowest BCUT2D eigenvalue weighted by Crippen LogP contribution is -2.29. The summed E-state index contributed by atoms with van der Waals surface area (Å²) in [4.78, 5) is 2.37. The van der Waals surface area contributed by atoms with E-state index in [1.165, 1.54) is 31.4 Å². The molecule has 1 unspecified atom stereocenters. The number of benzene rings is 1. The molecule has 0 bridgehead atoms. The molecule has 0 spiro atoms. The Labute approximate surface area is 85.2 Å². The van der Waals surface area contributed by atoms with Crippen molar-refractivity contribution in [1.82, 2.24) is 4.90 Å². The first-order valence-corrected chi connectivity index (χ1v) is 5.26. The first kappa shape index (κ1) is 9.53. The smallest absolute Gasteiger partial charge is 0.115 e. The molecule has 1 aromatic rings. The monoisotopic (exact) mass is 191 g/mol. The number of phenolic OH excluding ortho intramolecular Hbond substituents is 1. The van der Waals surface area contributed by atoms with Gasteiger partial charge in [0.05, 0.1) is 0 Å². The van der Waals surface area contributed by atoms with Crippen LogP contribution >= 0.6 is 0 Å². The lowest BCUT2D eigenvalue weighted by molar-refractivity contribution is 0.187. The van der Waals surface area contributed by atoms with E-state index in [0.717, 1.165) is 0 Å². The molecule has 1 aromatic carbocycles. The molecule has 0 aromatic heterocycles. The van der Waals surface area contributed by atoms with Crippen molar-refractivity contribution < 1.29 is 5.11 Å². The van der Waals surface area contributed by atoms with Gasteiger partial charge in [0.2, 0.25) is 0 Å². The Kier molecular flexibility index (Phi) is 2.73. The van der Waals surface area contributed by atoms with Crippen molar-refractivity contribution in [3.8, 4) is 5.75 Å². The largest absolute Gasteiger partial charge is 0.508 e. The predicted octanol–water partition coefficient (Wildman–Crippen LogP) is 2.55. The van der Waals surface area contributed by atoms with Gasteiger partial charge >= 0.3 is 0 Å². The molecule has 14 heavy (non-hydrogen) atoms. The van der Waals surface area contributed by atoms with Crippen LogP contribution in [0.5, 0.6) is 5.75 Å². The highest BCUT2D eigenvalue weighted by Crippen LogP contribution is 2.30. The number of hydrogen-bond donors (Lipinski definition) is 1. The van der Waals surface area contributed by atoms with Gasteiger partial charge in [0, 0.05) is 6.04 Å². The van der Waals surface area contributed by atoms with Crippen LogP contribution in [-0.4, -0.2) is 23.6 Å². The molecule has 76 valence electrons. The van der Waals surface area contributed by atoms with E-state index in [9.17, 15) is 5.11 Å². The maximum atomic E-state index is 9.41. The van der Waals surface area contributed by atoms with Gasteiger partial charge in [0.25, 0.3) is 0 Å². The number of aromatic hydroxyl groups is 1. The standard InChI is InChI=1S/C12H17NO/c1-13-8-3-2-7-12(13)10-5-4-6-11(14)9-10/h4-6,9,12,14H,2-3,7-8H2,1H3. The highest BCUT2D eigenvalue weighted by Gasteiger charge is 2.20. The minimum absolute atomic E-state index is 0.376. The number of phenols is 1. The second-order valence-corrected chi connectivity index (χ2v) is 4.09. The average molecular weight is 191 g/mol. The summed E-state index contributed by atoms with van der Waals surface area (Å²) in [6.07, 6.45) is 3.80. The summed E-state index contributed by atoms with van der Waals surface area (Å²) in [5.74, 6) is 0.376. The molecule has 0 saturated carbocycles. The molecule has 2 heteroatoms. The van der Waals surface area contributed by atoms with Crippen molar-refractivity contribution in [2.45, 2.75) is 25.3 Å². The van der Waals surface area contributed by atoms with Crippen LogP contribution in [0.1, 0.15) is 30.9 Å². The van der Waals surface area contributed by atoms with Gasteiger partial charge in [-0.3, -0.25) is 4.90 Å². The molecular formula is C12H17NO. The van der Waals surface area contributed by atoms with E-state index in [-0.39, 0.29) is 0 Å². The van der Waals surface area contributed by atoms with Gasteiger partial charge in [-0.1, -0.05) is 18.6 Å². The molecule has 1 saturated heterocycles. The third-order valence-corrected chi connectivity index (χ3v) is 3.03. The van der Waals surface area contributed by atoms with Gasteiger partial charge in [-0.2, -0.15) is 0 Å². The SMILES string of the molecule is CN1CCCCC1c1cccc(O)c1. The lowest BCUT2D eigenvalue weighted by Gasteiger charge is -2.32. The highest BCUT2D eigenvalue weighted by molar-refractivity contribution is 5.29. The Morgan fingerprint density at radius 3 is 2.93 bits per heavy atom. The first-order chi connectivity index (χ1) is 6.77. The van der Waals surface area contributed by atoms with E-state index in [4.69, 9.17) is 0 Å². The van der Waals surface area contributed by atoms with E-state index in [1.807, 2.05) is 12.1 Å². The van der Waals surface area contributed by atoms with Crippen LogP contribution < -0.4 is 0 Å². The zero-order valence-electron chi connectivity index (χ0n) is 8.61. The van der Waals surface area contributed by atoms with E-state index in [2.05, 4.69) is 18.0 Å². The third-order valence-electron chi connectivity index (χ3n) is 3.03. The number of likely N-dealkylation sites (tertiary alicyclic amines) is 1. The summed E-state index contributed by atoms with van der Waals surface area (Å²) in [5.41, 5.74) is 1.24. The second-order valence-electron chi connectivity index (χ2n) is 4.09. The molecule has 1 aliphatic rings. The molecule has 1 atom stereocenters. The molecule has 0 aliphatic carbocycles. The van der Waals surface area contributed by atoms with E-state index < -0.39 is 0 Å². The summed E-state index contributed by atoms with van der Waals surface area (Å²) < 4.78 is 0. The minimum Gasteiger partial charge on any atom is -0.508 e. The number of hydrogen-bond acceptors (Lipinski definition) is 2. The molecule has 1 N–H and O–H groups in total. The van der Waals surface area contributed by atoms with Crippen LogP contribution in [0, 0.1) is 0 Å². The Morgan fingerprint density at radius 2 is 2.21 bits per heavy atom. The first-order valence-electron chi connectivity index (χ1n) is 5.26. The van der Waals surface area contributed by atoms with Crippen molar-refractivity contribution in [2.75, 3.05) is 13.6 Å². The molecule has 2 rings (SSSR count). The van der Waals surface area contributed by atoms with Gasteiger partial charge < -0.3 is 5.11 Å². The molecule has 2 nitrogen and oxygen atoms in total. The second kappa shape index (κ2) is 4.01. The van der Waals surface area contributed by atoms with Gasteiger partial charge in [-0.15, -0.1) is 0 Å². The minimum atomic E-state index is 0.376. The van der Waals surface area contributed by atoms with Gasteiger partial charge in [0.15, 0.2) is 0 Å². The van der Waals surface area contributed by atoms with Crippen molar-refractivity contribution in [3.05, 3.63) is 29.8 Å². The van der Waals surface area contributed by atoms with E-state index in [0.29, 0.717) is 11.8 Å². The Balaban J connectivity index is 2.20. The molecule has 0 amide bonds. The summed E-state index contributed by atoms with van der Waals surface area (Å²) in [6.45, 7) is 1.17. The molecular weight excluding hydrogens is 174 g/mol. The zero-order chi connectivity index (χ0) is 9.97. The van der Waals surface area contributed by atoms with Gasteiger partial charge in [0.1, 0.15) is 5.75 Å². The fraction of sp³-hybridized carbons (Fsp3) is 0.500. The fourth-order valence-corrected chi connectivity index (χ4v) is 2.23. The number of nitrogens with zero attached hydrogens (tertiary/aromatic N) is 1. The van der Waals surface area contributed by atoms with Gasteiger partial charge in [-0.25, -0.2) is 0 Å². The quantitative estimate of drug-likeness (QED) is 0.737. The van der Waals surface area contributed by atoms with E-state index in [1.54, 1.807) is 6.07 Å². The Morgan fingerprint density at radius 1 is 1.36 bits per heavy atom. The topological polar surface area (TPSA) is 23.5 Å². The molecule has 1 aliphatic heterocycles. The Hall–Kier alpha value is -1.02. The number of piperidine rings is 1. The zero-order valence-corrected chi connectivity index (χ0v) is 8.61. The van der Waals surface area contributed by atoms with Crippen molar-refractivity contribution in [3.63, 3.8) is 0 Å².